The highest BCUT2D eigenvalue weighted by Gasteiger charge is 2.14. The van der Waals surface area contributed by atoms with E-state index in [0.717, 1.165) is 0 Å². The van der Waals surface area contributed by atoms with Gasteiger partial charge in [0.05, 0.1) is 4.88 Å². The number of carbonyl (C=O) groups is 2. The average Bonchev–Trinajstić information content (AvgIpc) is 2.55. The van der Waals surface area contributed by atoms with Crippen LogP contribution in [0.4, 0.5) is 0 Å². The summed E-state index contributed by atoms with van der Waals surface area (Å²) >= 11 is 6.50. The minimum Gasteiger partial charge on any atom is -0.340 e. The zero-order valence-electron chi connectivity index (χ0n) is 6.91. The van der Waals surface area contributed by atoms with Crippen LogP contribution in [0.25, 0.3) is 0 Å². The molecule has 0 radical (unpaired) electrons. The van der Waals surface area contributed by atoms with Crippen LogP contribution in [0.2, 0.25) is 0 Å². The van der Waals surface area contributed by atoms with Crippen molar-refractivity contribution in [2.75, 3.05) is 0 Å². The molecule has 0 saturated carbocycles. The Morgan fingerprint density at radius 2 is 2.31 bits per heavy atom. The second-order valence-corrected chi connectivity index (χ2v) is 3.80. The molecule has 1 amide bonds. The van der Waals surface area contributed by atoms with Crippen molar-refractivity contribution in [1.29, 1.82) is 0 Å². The fraction of sp³-hybridized carbons (Fsp3) is 0.250. The Kier molecular flexibility index (Phi) is 3.45. The predicted molar refractivity (Wildman–Crippen MR) is 52.1 cm³/mol. The van der Waals surface area contributed by atoms with Crippen LogP contribution in [0.1, 0.15) is 16.6 Å². The molecule has 0 saturated heterocycles. The minimum atomic E-state index is -0.642. The smallest absolute Gasteiger partial charge is 0.261 e. The van der Waals surface area contributed by atoms with Crippen molar-refractivity contribution in [3.8, 4) is 0 Å². The average molecular weight is 218 g/mol. The Labute approximate surface area is 84.7 Å². The molecule has 1 aromatic rings. The van der Waals surface area contributed by atoms with Gasteiger partial charge in [-0.05, 0) is 30.0 Å². The molecular weight excluding hydrogens is 210 g/mol. The van der Waals surface area contributed by atoms with Gasteiger partial charge in [-0.25, -0.2) is 0 Å². The Balaban J connectivity index is 2.56. The molecule has 0 aromatic carbocycles. The molecule has 1 rings (SSSR count). The van der Waals surface area contributed by atoms with Gasteiger partial charge in [0.2, 0.25) is 5.24 Å². The highest BCUT2D eigenvalue weighted by Crippen LogP contribution is 2.08. The first-order chi connectivity index (χ1) is 6.11. The van der Waals surface area contributed by atoms with Gasteiger partial charge < -0.3 is 5.32 Å². The van der Waals surface area contributed by atoms with Crippen molar-refractivity contribution >= 4 is 34.1 Å². The summed E-state index contributed by atoms with van der Waals surface area (Å²) in [6, 6.07) is 2.81. The Morgan fingerprint density at radius 3 is 2.77 bits per heavy atom. The summed E-state index contributed by atoms with van der Waals surface area (Å²) in [6.07, 6.45) is 0. The van der Waals surface area contributed by atoms with Crippen LogP contribution in [-0.4, -0.2) is 17.2 Å². The highest BCUT2D eigenvalue weighted by atomic mass is 35.5. The monoisotopic (exact) mass is 217 g/mol. The summed E-state index contributed by atoms with van der Waals surface area (Å²) in [4.78, 5) is 22.5. The molecule has 1 N–H and O–H groups in total. The van der Waals surface area contributed by atoms with Gasteiger partial charge in [-0.2, -0.15) is 0 Å². The molecule has 0 spiro atoms. The van der Waals surface area contributed by atoms with E-state index < -0.39 is 11.3 Å². The van der Waals surface area contributed by atoms with Crippen molar-refractivity contribution in [3.05, 3.63) is 22.4 Å². The number of thiophene rings is 1. The van der Waals surface area contributed by atoms with Crippen molar-refractivity contribution in [2.45, 2.75) is 13.0 Å². The third kappa shape index (κ3) is 2.82. The molecule has 5 heteroatoms. The van der Waals surface area contributed by atoms with Crippen molar-refractivity contribution in [2.24, 2.45) is 0 Å². The van der Waals surface area contributed by atoms with Crippen LogP contribution in [0.5, 0.6) is 0 Å². The van der Waals surface area contributed by atoms with E-state index in [4.69, 9.17) is 11.6 Å². The van der Waals surface area contributed by atoms with Crippen LogP contribution < -0.4 is 5.32 Å². The maximum atomic E-state index is 11.3. The quantitative estimate of drug-likeness (QED) is 0.783. The Hall–Kier alpha value is -0.870. The van der Waals surface area contributed by atoms with Crippen LogP contribution in [0, 0.1) is 0 Å². The van der Waals surface area contributed by atoms with E-state index >= 15 is 0 Å². The second kappa shape index (κ2) is 4.39. The molecule has 0 aliphatic carbocycles. The van der Waals surface area contributed by atoms with E-state index in [1.807, 2.05) is 0 Å². The van der Waals surface area contributed by atoms with Crippen LogP contribution in [-0.2, 0) is 4.79 Å². The third-order valence-electron chi connectivity index (χ3n) is 1.43. The lowest BCUT2D eigenvalue weighted by atomic mass is 10.3. The molecule has 0 bridgehead atoms. The first-order valence-corrected chi connectivity index (χ1v) is 4.90. The lowest BCUT2D eigenvalue weighted by molar-refractivity contribution is -0.113. The molecule has 13 heavy (non-hydrogen) atoms. The predicted octanol–water partition coefficient (Wildman–Crippen LogP) is 1.63. The lowest BCUT2D eigenvalue weighted by Gasteiger charge is -2.07. The summed E-state index contributed by atoms with van der Waals surface area (Å²) in [5.41, 5.74) is 0. The molecule has 0 fully saturated rings. The van der Waals surface area contributed by atoms with E-state index in [2.05, 4.69) is 5.32 Å². The maximum Gasteiger partial charge on any atom is 0.261 e. The van der Waals surface area contributed by atoms with Crippen molar-refractivity contribution < 1.29 is 9.59 Å². The van der Waals surface area contributed by atoms with Gasteiger partial charge in [0, 0.05) is 0 Å². The fourth-order valence-corrected chi connectivity index (χ4v) is 1.41. The van der Waals surface area contributed by atoms with Gasteiger partial charge in [0.25, 0.3) is 5.91 Å². The summed E-state index contributed by atoms with van der Waals surface area (Å²) in [5, 5.41) is 3.70. The standard InChI is InChI=1S/C8H8ClNO2S/c1-5(7(9)11)10-8(12)6-3-2-4-13-6/h2-5H,1H3,(H,10,12). The number of amides is 1. The Morgan fingerprint density at radius 1 is 1.62 bits per heavy atom. The molecular formula is C8H8ClNO2S. The number of rotatable bonds is 3. The SMILES string of the molecule is CC(NC(=O)c1cccs1)C(=O)Cl. The summed E-state index contributed by atoms with van der Waals surface area (Å²) in [7, 11) is 0. The first kappa shape index (κ1) is 10.2. The summed E-state index contributed by atoms with van der Waals surface area (Å²) in [6.45, 7) is 1.54. The number of carbonyl (C=O) groups excluding carboxylic acids is 2. The molecule has 0 aliphatic heterocycles. The number of nitrogens with one attached hydrogen (secondary N) is 1. The molecule has 0 aliphatic rings. The highest BCUT2D eigenvalue weighted by molar-refractivity contribution is 7.12. The molecule has 1 unspecified atom stereocenters. The van der Waals surface area contributed by atoms with E-state index in [0.29, 0.717) is 4.88 Å². The maximum absolute atomic E-state index is 11.3. The van der Waals surface area contributed by atoms with Gasteiger partial charge in [-0.15, -0.1) is 11.3 Å². The summed E-state index contributed by atoms with van der Waals surface area (Å²) in [5.74, 6) is -0.267. The first-order valence-electron chi connectivity index (χ1n) is 3.65. The molecule has 3 nitrogen and oxygen atoms in total. The largest absolute Gasteiger partial charge is 0.340 e. The molecule has 1 atom stereocenters. The van der Waals surface area contributed by atoms with Gasteiger partial charge >= 0.3 is 0 Å². The van der Waals surface area contributed by atoms with E-state index in [-0.39, 0.29) is 5.91 Å². The topological polar surface area (TPSA) is 46.2 Å². The van der Waals surface area contributed by atoms with E-state index in [1.165, 1.54) is 11.3 Å². The minimum absolute atomic E-state index is 0.267. The van der Waals surface area contributed by atoms with Gasteiger partial charge in [0.1, 0.15) is 6.04 Å². The zero-order chi connectivity index (χ0) is 9.84. The Bertz CT molecular complexity index is 310. The van der Waals surface area contributed by atoms with E-state index in [1.54, 1.807) is 24.4 Å². The lowest BCUT2D eigenvalue weighted by Crippen LogP contribution is -2.35. The third-order valence-corrected chi connectivity index (χ3v) is 2.63. The number of hydrogen-bond acceptors (Lipinski definition) is 3. The number of halogens is 1. The van der Waals surface area contributed by atoms with E-state index in [9.17, 15) is 9.59 Å². The normalized spacial score (nSPS) is 12.2. The second-order valence-electron chi connectivity index (χ2n) is 2.48. The van der Waals surface area contributed by atoms with Crippen LogP contribution in [0.3, 0.4) is 0 Å². The molecule has 70 valence electrons. The van der Waals surface area contributed by atoms with Gasteiger partial charge in [-0.3, -0.25) is 9.59 Å². The molecule has 1 heterocycles. The van der Waals surface area contributed by atoms with Crippen LogP contribution in [0.15, 0.2) is 17.5 Å². The van der Waals surface area contributed by atoms with Crippen molar-refractivity contribution in [1.82, 2.24) is 5.32 Å². The fourth-order valence-electron chi connectivity index (χ4n) is 0.732. The van der Waals surface area contributed by atoms with Gasteiger partial charge in [-0.1, -0.05) is 6.07 Å². The summed E-state index contributed by atoms with van der Waals surface area (Å²) < 4.78 is 0. The van der Waals surface area contributed by atoms with Gasteiger partial charge in [0.15, 0.2) is 0 Å². The van der Waals surface area contributed by atoms with Crippen molar-refractivity contribution in [3.63, 3.8) is 0 Å². The molecule has 1 aromatic heterocycles. The van der Waals surface area contributed by atoms with Crippen LogP contribution >= 0.6 is 22.9 Å². The zero-order valence-corrected chi connectivity index (χ0v) is 8.48. The number of hydrogen-bond donors (Lipinski definition) is 1.